The highest BCUT2D eigenvalue weighted by molar-refractivity contribution is 5.76. The zero-order valence-electron chi connectivity index (χ0n) is 9.64. The lowest BCUT2D eigenvalue weighted by atomic mass is 10.1. The van der Waals surface area contributed by atoms with Crippen LogP contribution in [-0.2, 0) is 4.79 Å². The molecule has 1 atom stereocenters. The van der Waals surface area contributed by atoms with Crippen LogP contribution >= 0.6 is 0 Å². The van der Waals surface area contributed by atoms with Crippen LogP contribution < -0.4 is 16.0 Å². The molecule has 1 unspecified atom stereocenters. The zero-order valence-corrected chi connectivity index (χ0v) is 9.64. The van der Waals surface area contributed by atoms with Crippen molar-refractivity contribution in [2.75, 3.05) is 26.2 Å². The molecule has 1 aliphatic heterocycles. The van der Waals surface area contributed by atoms with Crippen LogP contribution in [0.3, 0.4) is 0 Å². The largest absolute Gasteiger partial charge is 0.355 e. The van der Waals surface area contributed by atoms with Crippen molar-refractivity contribution in [2.24, 2.45) is 0 Å². The number of carbonyl (C=O) groups is 1. The Balaban J connectivity index is 1.93. The third-order valence-corrected chi connectivity index (χ3v) is 2.64. The van der Waals surface area contributed by atoms with Crippen molar-refractivity contribution in [3.63, 3.8) is 0 Å². The Labute approximate surface area is 92.2 Å². The fourth-order valence-electron chi connectivity index (χ4n) is 1.82. The summed E-state index contributed by atoms with van der Waals surface area (Å²) in [4.78, 5) is 11.5. The minimum atomic E-state index is 0.174. The Bertz CT molecular complexity index is 179. The molecule has 0 aromatic heterocycles. The van der Waals surface area contributed by atoms with Gasteiger partial charge in [0.15, 0.2) is 0 Å². The van der Waals surface area contributed by atoms with E-state index in [4.69, 9.17) is 0 Å². The second-order valence-corrected chi connectivity index (χ2v) is 4.10. The number of carbonyl (C=O) groups excluding carboxylic acids is 1. The van der Waals surface area contributed by atoms with Gasteiger partial charge < -0.3 is 16.0 Å². The van der Waals surface area contributed by atoms with E-state index in [-0.39, 0.29) is 5.91 Å². The van der Waals surface area contributed by atoms with Gasteiger partial charge in [0.2, 0.25) is 5.91 Å². The van der Waals surface area contributed by atoms with Crippen LogP contribution in [0.25, 0.3) is 0 Å². The van der Waals surface area contributed by atoms with Crippen LogP contribution in [0.15, 0.2) is 0 Å². The lowest BCUT2D eigenvalue weighted by Crippen LogP contribution is -2.35. The summed E-state index contributed by atoms with van der Waals surface area (Å²) < 4.78 is 0. The summed E-state index contributed by atoms with van der Waals surface area (Å²) in [7, 11) is 0. The van der Waals surface area contributed by atoms with Gasteiger partial charge in [-0.3, -0.25) is 4.79 Å². The molecule has 15 heavy (non-hydrogen) atoms. The van der Waals surface area contributed by atoms with Gasteiger partial charge in [0, 0.05) is 25.6 Å². The van der Waals surface area contributed by atoms with E-state index in [1.54, 1.807) is 0 Å². The smallest absolute Gasteiger partial charge is 0.221 e. The molecular formula is C11H23N3O. The molecule has 1 heterocycles. The maximum Gasteiger partial charge on any atom is 0.221 e. The second-order valence-electron chi connectivity index (χ2n) is 4.10. The molecule has 0 aromatic carbocycles. The SMILES string of the molecule is CCCNCCNC(=O)CC1CCCN1. The van der Waals surface area contributed by atoms with Gasteiger partial charge in [-0.15, -0.1) is 0 Å². The first-order valence-electron chi connectivity index (χ1n) is 6.03. The quantitative estimate of drug-likeness (QED) is 0.531. The van der Waals surface area contributed by atoms with Crippen LogP contribution in [-0.4, -0.2) is 38.1 Å². The molecule has 0 saturated carbocycles. The number of nitrogens with one attached hydrogen (secondary N) is 3. The monoisotopic (exact) mass is 213 g/mol. The van der Waals surface area contributed by atoms with Crippen LogP contribution in [0, 0.1) is 0 Å². The van der Waals surface area contributed by atoms with Crippen molar-refractivity contribution in [3.05, 3.63) is 0 Å². The molecular weight excluding hydrogens is 190 g/mol. The Kier molecular flexibility index (Phi) is 6.36. The molecule has 0 bridgehead atoms. The normalized spacial score (nSPS) is 20.5. The first-order chi connectivity index (χ1) is 7.33. The van der Waals surface area contributed by atoms with Crippen LogP contribution in [0.1, 0.15) is 32.6 Å². The summed E-state index contributed by atoms with van der Waals surface area (Å²) in [6, 6.07) is 0.411. The van der Waals surface area contributed by atoms with Crippen LogP contribution in [0.4, 0.5) is 0 Å². The molecule has 4 nitrogen and oxygen atoms in total. The van der Waals surface area contributed by atoms with E-state index in [0.717, 1.165) is 39.0 Å². The Hall–Kier alpha value is -0.610. The summed E-state index contributed by atoms with van der Waals surface area (Å²) in [6.45, 7) is 5.84. The predicted molar refractivity (Wildman–Crippen MR) is 61.8 cm³/mol. The highest BCUT2D eigenvalue weighted by atomic mass is 16.1. The van der Waals surface area contributed by atoms with E-state index in [2.05, 4.69) is 22.9 Å². The van der Waals surface area contributed by atoms with Crippen molar-refractivity contribution >= 4 is 5.91 Å². The minimum Gasteiger partial charge on any atom is -0.355 e. The Morgan fingerprint density at radius 2 is 2.27 bits per heavy atom. The molecule has 3 N–H and O–H groups in total. The fourth-order valence-corrected chi connectivity index (χ4v) is 1.82. The van der Waals surface area contributed by atoms with Gasteiger partial charge in [-0.25, -0.2) is 0 Å². The van der Waals surface area contributed by atoms with Gasteiger partial charge in [0.25, 0.3) is 0 Å². The average molecular weight is 213 g/mol. The van der Waals surface area contributed by atoms with Gasteiger partial charge in [0.1, 0.15) is 0 Å². The van der Waals surface area contributed by atoms with Crippen molar-refractivity contribution in [2.45, 2.75) is 38.6 Å². The number of amides is 1. The molecule has 0 spiro atoms. The summed E-state index contributed by atoms with van der Waals surface area (Å²) in [5, 5.41) is 9.50. The number of hydrogen-bond donors (Lipinski definition) is 3. The van der Waals surface area contributed by atoms with Crippen molar-refractivity contribution in [1.29, 1.82) is 0 Å². The lowest BCUT2D eigenvalue weighted by Gasteiger charge is -2.10. The third-order valence-electron chi connectivity index (χ3n) is 2.64. The molecule has 88 valence electrons. The van der Waals surface area contributed by atoms with Crippen molar-refractivity contribution in [3.8, 4) is 0 Å². The molecule has 0 aromatic rings. The molecule has 4 heteroatoms. The van der Waals surface area contributed by atoms with E-state index >= 15 is 0 Å². The molecule has 1 rings (SSSR count). The Morgan fingerprint density at radius 3 is 2.93 bits per heavy atom. The number of rotatable bonds is 7. The molecule has 1 saturated heterocycles. The summed E-state index contributed by atoms with van der Waals surface area (Å²) >= 11 is 0. The molecule has 1 amide bonds. The second kappa shape index (κ2) is 7.65. The molecule has 1 aliphatic rings. The van der Waals surface area contributed by atoms with E-state index in [0.29, 0.717) is 12.5 Å². The van der Waals surface area contributed by atoms with Gasteiger partial charge in [-0.05, 0) is 32.4 Å². The van der Waals surface area contributed by atoms with E-state index in [1.807, 2.05) is 0 Å². The summed E-state index contributed by atoms with van der Waals surface area (Å²) in [5.41, 5.74) is 0. The third kappa shape index (κ3) is 5.74. The van der Waals surface area contributed by atoms with Crippen LogP contribution in [0.5, 0.6) is 0 Å². The zero-order chi connectivity index (χ0) is 10.9. The average Bonchev–Trinajstić information content (AvgIpc) is 2.70. The van der Waals surface area contributed by atoms with Gasteiger partial charge >= 0.3 is 0 Å². The predicted octanol–water partition coefficient (Wildman–Crippen LogP) is 0.244. The van der Waals surface area contributed by atoms with Crippen molar-refractivity contribution in [1.82, 2.24) is 16.0 Å². The first-order valence-corrected chi connectivity index (χ1v) is 6.03. The fraction of sp³-hybridized carbons (Fsp3) is 0.909. The Morgan fingerprint density at radius 1 is 1.40 bits per heavy atom. The van der Waals surface area contributed by atoms with Crippen LogP contribution in [0.2, 0.25) is 0 Å². The first kappa shape index (κ1) is 12.5. The number of hydrogen-bond acceptors (Lipinski definition) is 3. The topological polar surface area (TPSA) is 53.2 Å². The van der Waals surface area contributed by atoms with Gasteiger partial charge in [-0.2, -0.15) is 0 Å². The van der Waals surface area contributed by atoms with Crippen molar-refractivity contribution < 1.29 is 4.79 Å². The summed E-state index contributed by atoms with van der Waals surface area (Å²) in [5.74, 6) is 0.174. The van der Waals surface area contributed by atoms with E-state index < -0.39 is 0 Å². The maximum absolute atomic E-state index is 11.5. The van der Waals surface area contributed by atoms with E-state index in [9.17, 15) is 4.79 Å². The maximum atomic E-state index is 11.5. The summed E-state index contributed by atoms with van der Waals surface area (Å²) in [6.07, 6.45) is 4.12. The molecule has 0 radical (unpaired) electrons. The highest BCUT2D eigenvalue weighted by Gasteiger charge is 2.16. The van der Waals surface area contributed by atoms with Gasteiger partial charge in [-0.1, -0.05) is 6.92 Å². The lowest BCUT2D eigenvalue weighted by molar-refractivity contribution is -0.121. The molecule has 0 aliphatic carbocycles. The highest BCUT2D eigenvalue weighted by Crippen LogP contribution is 2.07. The minimum absolute atomic E-state index is 0.174. The standard InChI is InChI=1S/C11H23N3O/c1-2-5-12-7-8-14-11(15)9-10-4-3-6-13-10/h10,12-13H,2-9H2,1H3,(H,14,15). The van der Waals surface area contributed by atoms with Gasteiger partial charge in [0.05, 0.1) is 0 Å². The van der Waals surface area contributed by atoms with E-state index in [1.165, 1.54) is 6.42 Å². The molecule has 1 fully saturated rings.